The molecule has 0 radical (unpaired) electrons. The van der Waals surface area contributed by atoms with Crippen molar-refractivity contribution in [2.45, 2.75) is 44.7 Å². The molecular weight excluding hydrogens is 474 g/mol. The second-order valence-electron chi connectivity index (χ2n) is 9.06. The third-order valence-corrected chi connectivity index (χ3v) is 8.31. The van der Waals surface area contributed by atoms with Crippen molar-refractivity contribution in [3.8, 4) is 0 Å². The molecule has 188 valence electrons. The van der Waals surface area contributed by atoms with Crippen LogP contribution in [0.3, 0.4) is 0 Å². The van der Waals surface area contributed by atoms with E-state index in [4.69, 9.17) is 0 Å². The number of sulfonamides is 1. The first kappa shape index (κ1) is 25.4. The summed E-state index contributed by atoms with van der Waals surface area (Å²) in [6.45, 7) is 4.99. The van der Waals surface area contributed by atoms with Crippen molar-refractivity contribution in [1.29, 1.82) is 0 Å². The fraction of sp³-hybridized carbons (Fsp3) is 0.286. The van der Waals surface area contributed by atoms with E-state index in [-0.39, 0.29) is 23.9 Å². The normalized spacial score (nSPS) is 13.6. The van der Waals surface area contributed by atoms with Crippen LogP contribution in [-0.4, -0.2) is 38.2 Å². The van der Waals surface area contributed by atoms with Crippen LogP contribution < -0.4 is 9.62 Å². The van der Waals surface area contributed by atoms with Gasteiger partial charge in [0.25, 0.3) is 10.0 Å². The van der Waals surface area contributed by atoms with Crippen molar-refractivity contribution in [2.24, 2.45) is 0 Å². The molecule has 0 atom stereocenters. The van der Waals surface area contributed by atoms with Gasteiger partial charge in [0, 0.05) is 26.1 Å². The number of hydrogen-bond donors (Lipinski definition) is 1. The van der Waals surface area contributed by atoms with E-state index in [1.807, 2.05) is 49.1 Å². The number of anilines is 1. The molecule has 0 spiro atoms. The fourth-order valence-corrected chi connectivity index (χ4v) is 5.69. The highest BCUT2D eigenvalue weighted by Crippen LogP contribution is 2.26. The van der Waals surface area contributed by atoms with Gasteiger partial charge in [-0.25, -0.2) is 8.42 Å². The molecule has 4 rings (SSSR count). The van der Waals surface area contributed by atoms with Gasteiger partial charge in [0.2, 0.25) is 11.8 Å². The lowest BCUT2D eigenvalue weighted by atomic mass is 10.1. The Hall–Kier alpha value is -3.65. The Bertz CT molecular complexity index is 1360. The zero-order chi connectivity index (χ0) is 25.7. The predicted molar refractivity (Wildman–Crippen MR) is 140 cm³/mol. The fourth-order valence-electron chi connectivity index (χ4n) is 4.26. The number of carbonyl (C=O) groups is 2. The molecule has 2 amide bonds. The highest BCUT2D eigenvalue weighted by Gasteiger charge is 2.27. The minimum absolute atomic E-state index is 0.122. The maximum atomic E-state index is 13.5. The largest absolute Gasteiger partial charge is 0.350 e. The smallest absolute Gasteiger partial charge is 0.264 e. The van der Waals surface area contributed by atoms with Gasteiger partial charge >= 0.3 is 0 Å². The molecule has 1 aliphatic rings. The van der Waals surface area contributed by atoms with Gasteiger partial charge in [0.1, 0.15) is 6.54 Å². The number of carbonyl (C=O) groups excluding carboxylic acids is 2. The Balaban J connectivity index is 1.53. The number of aryl methyl sites for hydroxylation is 2. The molecule has 3 aromatic carbocycles. The van der Waals surface area contributed by atoms with E-state index in [1.165, 1.54) is 12.1 Å². The Kier molecular flexibility index (Phi) is 7.74. The van der Waals surface area contributed by atoms with Gasteiger partial charge in [-0.1, -0.05) is 48.5 Å². The van der Waals surface area contributed by atoms with Gasteiger partial charge in [0.15, 0.2) is 0 Å². The first-order valence-electron chi connectivity index (χ1n) is 12.0. The molecule has 8 heteroatoms. The standard InChI is InChI=1S/C28H31N3O4S/c1-21-14-15-25(17-22(21)2)31(36(34,35)26-11-4-3-5-12-26)20-27(32)29-18-23-9-6-7-10-24(23)19-30-16-8-13-28(30)33/h3-7,9-12,14-15,17H,8,13,16,18-20H2,1-2H3,(H,29,32). The summed E-state index contributed by atoms with van der Waals surface area (Å²) in [7, 11) is -3.96. The monoisotopic (exact) mass is 505 g/mol. The molecule has 3 aromatic rings. The van der Waals surface area contributed by atoms with Crippen LogP contribution in [0.1, 0.15) is 35.1 Å². The van der Waals surface area contributed by atoms with Crippen LogP contribution in [-0.2, 0) is 32.7 Å². The number of rotatable bonds is 9. The van der Waals surface area contributed by atoms with Crippen LogP contribution in [0.5, 0.6) is 0 Å². The Labute approximate surface area is 212 Å². The van der Waals surface area contributed by atoms with Crippen LogP contribution >= 0.6 is 0 Å². The van der Waals surface area contributed by atoms with Gasteiger partial charge in [-0.05, 0) is 66.8 Å². The van der Waals surface area contributed by atoms with E-state index in [2.05, 4.69) is 5.32 Å². The molecule has 0 unspecified atom stereocenters. The Morgan fingerprint density at radius 1 is 0.944 bits per heavy atom. The molecule has 7 nitrogen and oxygen atoms in total. The van der Waals surface area contributed by atoms with E-state index >= 15 is 0 Å². The number of benzene rings is 3. The lowest BCUT2D eigenvalue weighted by Crippen LogP contribution is -2.40. The minimum atomic E-state index is -3.96. The summed E-state index contributed by atoms with van der Waals surface area (Å²) in [6.07, 6.45) is 1.44. The maximum absolute atomic E-state index is 13.5. The van der Waals surface area contributed by atoms with E-state index < -0.39 is 15.9 Å². The minimum Gasteiger partial charge on any atom is -0.350 e. The molecule has 1 fully saturated rings. The summed E-state index contributed by atoms with van der Waals surface area (Å²) in [5, 5.41) is 2.88. The maximum Gasteiger partial charge on any atom is 0.264 e. The van der Waals surface area contributed by atoms with E-state index in [1.54, 1.807) is 30.3 Å². The second kappa shape index (κ2) is 11.0. The summed E-state index contributed by atoms with van der Waals surface area (Å²) in [4.78, 5) is 27.1. The van der Waals surface area contributed by atoms with E-state index in [0.29, 0.717) is 18.7 Å². The molecule has 0 saturated carbocycles. The zero-order valence-electron chi connectivity index (χ0n) is 20.6. The van der Waals surface area contributed by atoms with Crippen molar-refractivity contribution in [1.82, 2.24) is 10.2 Å². The van der Waals surface area contributed by atoms with Crippen molar-refractivity contribution >= 4 is 27.5 Å². The van der Waals surface area contributed by atoms with Crippen LogP contribution in [0.25, 0.3) is 0 Å². The average Bonchev–Trinajstić information content (AvgIpc) is 3.28. The van der Waals surface area contributed by atoms with Crippen molar-refractivity contribution < 1.29 is 18.0 Å². The van der Waals surface area contributed by atoms with Gasteiger partial charge < -0.3 is 10.2 Å². The lowest BCUT2D eigenvalue weighted by molar-refractivity contribution is -0.128. The number of nitrogens with one attached hydrogen (secondary N) is 1. The Morgan fingerprint density at radius 2 is 1.64 bits per heavy atom. The van der Waals surface area contributed by atoms with Gasteiger partial charge in [-0.2, -0.15) is 0 Å². The third kappa shape index (κ3) is 5.76. The molecule has 0 aliphatic carbocycles. The summed E-state index contributed by atoms with van der Waals surface area (Å²) >= 11 is 0. The highest BCUT2D eigenvalue weighted by molar-refractivity contribution is 7.92. The van der Waals surface area contributed by atoms with Crippen LogP contribution in [0.15, 0.2) is 77.7 Å². The van der Waals surface area contributed by atoms with E-state index in [0.717, 1.165) is 39.5 Å². The predicted octanol–water partition coefficient (Wildman–Crippen LogP) is 3.94. The van der Waals surface area contributed by atoms with Crippen molar-refractivity contribution in [2.75, 3.05) is 17.4 Å². The third-order valence-electron chi connectivity index (χ3n) is 6.52. The van der Waals surface area contributed by atoms with Crippen molar-refractivity contribution in [3.63, 3.8) is 0 Å². The first-order valence-corrected chi connectivity index (χ1v) is 13.5. The molecular formula is C28H31N3O4S. The molecule has 36 heavy (non-hydrogen) atoms. The number of hydrogen-bond acceptors (Lipinski definition) is 4. The first-order chi connectivity index (χ1) is 17.3. The number of likely N-dealkylation sites (tertiary alicyclic amines) is 1. The van der Waals surface area contributed by atoms with Crippen LogP contribution in [0, 0.1) is 13.8 Å². The summed E-state index contributed by atoms with van der Waals surface area (Å²) in [6, 6.07) is 21.1. The van der Waals surface area contributed by atoms with Crippen molar-refractivity contribution in [3.05, 3.63) is 95.1 Å². The molecule has 1 N–H and O–H groups in total. The summed E-state index contributed by atoms with van der Waals surface area (Å²) in [5.74, 6) is -0.274. The second-order valence-corrected chi connectivity index (χ2v) is 10.9. The van der Waals surface area contributed by atoms with Gasteiger partial charge in [-0.15, -0.1) is 0 Å². The number of amides is 2. The van der Waals surface area contributed by atoms with Crippen LogP contribution in [0.2, 0.25) is 0 Å². The molecule has 0 aromatic heterocycles. The number of nitrogens with zero attached hydrogens (tertiary/aromatic N) is 2. The SMILES string of the molecule is Cc1ccc(N(CC(=O)NCc2ccccc2CN2CCCC2=O)S(=O)(=O)c2ccccc2)cc1C. The molecule has 1 aliphatic heterocycles. The summed E-state index contributed by atoms with van der Waals surface area (Å²) in [5.41, 5.74) is 4.27. The average molecular weight is 506 g/mol. The van der Waals surface area contributed by atoms with Crippen LogP contribution in [0.4, 0.5) is 5.69 Å². The zero-order valence-corrected chi connectivity index (χ0v) is 21.4. The quantitative estimate of drug-likeness (QED) is 0.477. The molecule has 1 heterocycles. The Morgan fingerprint density at radius 3 is 2.31 bits per heavy atom. The lowest BCUT2D eigenvalue weighted by Gasteiger charge is -2.25. The van der Waals surface area contributed by atoms with Gasteiger partial charge in [-0.3, -0.25) is 13.9 Å². The van der Waals surface area contributed by atoms with E-state index in [9.17, 15) is 18.0 Å². The highest BCUT2D eigenvalue weighted by atomic mass is 32.2. The van der Waals surface area contributed by atoms with Gasteiger partial charge in [0.05, 0.1) is 10.6 Å². The molecule has 0 bridgehead atoms. The summed E-state index contributed by atoms with van der Waals surface area (Å²) < 4.78 is 28.2. The topological polar surface area (TPSA) is 86.8 Å². The molecule has 1 saturated heterocycles.